The molecule has 13 nitrogen and oxygen atoms in total. The van der Waals surface area contributed by atoms with Crippen molar-refractivity contribution in [1.29, 1.82) is 0 Å². The van der Waals surface area contributed by atoms with Crippen molar-refractivity contribution in [3.8, 4) is 11.5 Å². The Bertz CT molecular complexity index is 1140. The number of aliphatic hydroxyl groups excluding tert-OH is 6. The molecule has 13 heteroatoms. The fraction of sp³-hybridized carbons (Fsp3) is 0.522. The molecule has 0 amide bonds. The molecule has 3 aliphatic heterocycles. The highest BCUT2D eigenvalue weighted by atomic mass is 16.7. The summed E-state index contributed by atoms with van der Waals surface area (Å²) in [7, 11) is 0. The first kappa shape index (κ1) is 25.1. The van der Waals surface area contributed by atoms with Crippen molar-refractivity contribution in [2.45, 2.75) is 61.9 Å². The highest BCUT2D eigenvalue weighted by molar-refractivity contribution is 6.06. The van der Waals surface area contributed by atoms with Gasteiger partial charge in [0.2, 0.25) is 6.29 Å². The molecule has 0 aliphatic carbocycles. The number of benzene rings is 2. The SMILES string of the molecule is O=C1OCc2cc3cccc(OC4OC(COC5OCC(O)C(O)C5O)C(O)C(O)C4O)c3c(O)c21. The Hall–Kier alpha value is -2.59. The summed E-state index contributed by atoms with van der Waals surface area (Å²) in [5, 5.41) is 72.1. The van der Waals surface area contributed by atoms with E-state index in [0.717, 1.165) is 0 Å². The van der Waals surface area contributed by atoms with Gasteiger partial charge in [-0.05, 0) is 17.5 Å². The number of rotatable bonds is 5. The molecular weight excluding hydrogens is 484 g/mol. The van der Waals surface area contributed by atoms with Gasteiger partial charge in [-0.15, -0.1) is 0 Å². The largest absolute Gasteiger partial charge is 0.506 e. The maximum absolute atomic E-state index is 12.0. The predicted octanol–water partition coefficient (Wildman–Crippen LogP) is -2.14. The van der Waals surface area contributed by atoms with Crippen molar-refractivity contribution in [1.82, 2.24) is 0 Å². The zero-order valence-corrected chi connectivity index (χ0v) is 18.7. The Morgan fingerprint density at radius 2 is 1.69 bits per heavy atom. The average Bonchev–Trinajstić information content (AvgIpc) is 3.23. The van der Waals surface area contributed by atoms with Gasteiger partial charge in [0.05, 0.1) is 18.6 Å². The number of esters is 1. The molecule has 0 spiro atoms. The van der Waals surface area contributed by atoms with Gasteiger partial charge in [0.25, 0.3) is 0 Å². The third kappa shape index (κ3) is 4.28. The van der Waals surface area contributed by atoms with Crippen molar-refractivity contribution in [3.63, 3.8) is 0 Å². The monoisotopic (exact) mass is 510 g/mol. The normalized spacial score (nSPS) is 36.5. The number of hydrogen-bond donors (Lipinski definition) is 7. The van der Waals surface area contributed by atoms with E-state index in [2.05, 4.69) is 0 Å². The van der Waals surface area contributed by atoms with Crippen LogP contribution in [0, 0.1) is 0 Å². The van der Waals surface area contributed by atoms with Crippen LogP contribution in [0.25, 0.3) is 10.8 Å². The van der Waals surface area contributed by atoms with Crippen LogP contribution in [0.1, 0.15) is 15.9 Å². The number of carbonyl (C=O) groups excluding carboxylic acids is 1. The summed E-state index contributed by atoms with van der Waals surface area (Å²) in [4.78, 5) is 12.0. The standard InChI is InChI=1S/C23H26O13/c24-10-6-33-22(19(29)15(10)25)34-7-12-16(26)18(28)20(30)23(36-12)35-11-3-1-2-8-4-9-5-32-21(31)14(9)17(27)13(8)11/h1-4,10,12,15-16,18-20,22-30H,5-7H2. The van der Waals surface area contributed by atoms with E-state index in [1.807, 2.05) is 0 Å². The van der Waals surface area contributed by atoms with Gasteiger partial charge in [-0.2, -0.15) is 0 Å². The zero-order valence-electron chi connectivity index (χ0n) is 18.7. The maximum atomic E-state index is 12.0. The van der Waals surface area contributed by atoms with Crippen LogP contribution in [0.3, 0.4) is 0 Å². The molecule has 36 heavy (non-hydrogen) atoms. The fourth-order valence-electron chi connectivity index (χ4n) is 4.51. The summed E-state index contributed by atoms with van der Waals surface area (Å²) in [5.41, 5.74) is 0.514. The Morgan fingerprint density at radius 1 is 0.944 bits per heavy atom. The number of phenols is 1. The van der Waals surface area contributed by atoms with Gasteiger partial charge >= 0.3 is 5.97 Å². The molecule has 2 aromatic rings. The van der Waals surface area contributed by atoms with Crippen molar-refractivity contribution in [3.05, 3.63) is 35.4 Å². The van der Waals surface area contributed by atoms with Gasteiger partial charge in [-0.3, -0.25) is 0 Å². The molecule has 9 unspecified atom stereocenters. The summed E-state index contributed by atoms with van der Waals surface area (Å²) < 4.78 is 26.9. The zero-order chi connectivity index (χ0) is 25.7. The minimum Gasteiger partial charge on any atom is -0.506 e. The van der Waals surface area contributed by atoms with Crippen molar-refractivity contribution < 1.29 is 64.2 Å². The second-order valence-electron chi connectivity index (χ2n) is 8.91. The van der Waals surface area contributed by atoms with Crippen LogP contribution in [0.4, 0.5) is 0 Å². The summed E-state index contributed by atoms with van der Waals surface area (Å²) in [6, 6.07) is 6.42. The number of aliphatic hydroxyl groups is 6. The molecule has 2 fully saturated rings. The first-order chi connectivity index (χ1) is 17.2. The van der Waals surface area contributed by atoms with Gasteiger partial charge < -0.3 is 59.4 Å². The second-order valence-corrected chi connectivity index (χ2v) is 8.91. The lowest BCUT2D eigenvalue weighted by Crippen LogP contribution is -2.61. The number of aromatic hydroxyl groups is 1. The van der Waals surface area contributed by atoms with Crippen LogP contribution >= 0.6 is 0 Å². The van der Waals surface area contributed by atoms with Crippen molar-refractivity contribution in [2.24, 2.45) is 0 Å². The lowest BCUT2D eigenvalue weighted by atomic mass is 9.98. The Morgan fingerprint density at radius 3 is 2.47 bits per heavy atom. The molecule has 0 radical (unpaired) electrons. The molecule has 5 rings (SSSR count). The highest BCUT2D eigenvalue weighted by Gasteiger charge is 2.46. The molecule has 9 atom stereocenters. The predicted molar refractivity (Wildman–Crippen MR) is 116 cm³/mol. The third-order valence-electron chi connectivity index (χ3n) is 6.54. The Balaban J connectivity index is 1.35. The van der Waals surface area contributed by atoms with E-state index < -0.39 is 67.9 Å². The number of phenolic OH excluding ortho intramolecular Hbond substituents is 1. The number of ether oxygens (including phenoxy) is 5. The van der Waals surface area contributed by atoms with Crippen LogP contribution < -0.4 is 4.74 Å². The maximum Gasteiger partial charge on any atom is 0.342 e. The summed E-state index contributed by atoms with van der Waals surface area (Å²) in [6.07, 6.45) is -13.6. The van der Waals surface area contributed by atoms with E-state index in [1.54, 1.807) is 18.2 Å². The van der Waals surface area contributed by atoms with E-state index in [4.69, 9.17) is 23.7 Å². The third-order valence-corrected chi connectivity index (χ3v) is 6.54. The summed E-state index contributed by atoms with van der Waals surface area (Å²) >= 11 is 0. The first-order valence-electron chi connectivity index (χ1n) is 11.3. The number of cyclic esters (lactones) is 1. The van der Waals surface area contributed by atoms with Gasteiger partial charge in [0.1, 0.15) is 66.4 Å². The smallest absolute Gasteiger partial charge is 0.342 e. The minimum absolute atomic E-state index is 0.00346. The summed E-state index contributed by atoms with van der Waals surface area (Å²) in [6.45, 7) is -0.726. The van der Waals surface area contributed by atoms with Crippen LogP contribution in [0.2, 0.25) is 0 Å². The molecule has 2 aromatic carbocycles. The highest BCUT2D eigenvalue weighted by Crippen LogP contribution is 2.41. The lowest BCUT2D eigenvalue weighted by molar-refractivity contribution is -0.307. The van der Waals surface area contributed by atoms with E-state index in [0.29, 0.717) is 10.9 Å². The second kappa shape index (κ2) is 9.70. The molecule has 0 aromatic heterocycles. The average molecular weight is 510 g/mol. The molecule has 196 valence electrons. The van der Waals surface area contributed by atoms with Gasteiger partial charge in [-0.25, -0.2) is 4.79 Å². The van der Waals surface area contributed by atoms with Crippen molar-refractivity contribution in [2.75, 3.05) is 13.2 Å². The summed E-state index contributed by atoms with van der Waals surface area (Å²) in [5.74, 6) is -1.02. The van der Waals surface area contributed by atoms with E-state index in [9.17, 15) is 40.5 Å². The van der Waals surface area contributed by atoms with Crippen LogP contribution in [-0.2, 0) is 25.6 Å². The van der Waals surface area contributed by atoms with Crippen LogP contribution in [-0.4, -0.2) is 110 Å². The molecule has 7 N–H and O–H groups in total. The van der Waals surface area contributed by atoms with E-state index >= 15 is 0 Å². The Kier molecular flexibility index (Phi) is 6.76. The van der Waals surface area contributed by atoms with E-state index in [-0.39, 0.29) is 35.7 Å². The quantitative estimate of drug-likeness (QED) is 0.215. The first-order valence-corrected chi connectivity index (χ1v) is 11.3. The van der Waals surface area contributed by atoms with E-state index in [1.165, 1.54) is 6.07 Å². The molecule has 2 saturated heterocycles. The van der Waals surface area contributed by atoms with Crippen LogP contribution in [0.5, 0.6) is 11.5 Å². The Labute approximate surface area is 203 Å². The number of hydrogen-bond acceptors (Lipinski definition) is 13. The van der Waals surface area contributed by atoms with Gasteiger partial charge in [-0.1, -0.05) is 12.1 Å². The van der Waals surface area contributed by atoms with Crippen LogP contribution in [0.15, 0.2) is 24.3 Å². The molecular formula is C23H26O13. The molecule has 0 saturated carbocycles. The molecule has 3 heterocycles. The van der Waals surface area contributed by atoms with Gasteiger partial charge in [0.15, 0.2) is 6.29 Å². The number of carbonyl (C=O) groups is 1. The molecule has 0 bridgehead atoms. The minimum atomic E-state index is -1.72. The topological polar surface area (TPSA) is 205 Å². The van der Waals surface area contributed by atoms with Gasteiger partial charge in [0, 0.05) is 5.56 Å². The lowest BCUT2D eigenvalue weighted by Gasteiger charge is -2.41. The molecule has 3 aliphatic rings. The fourth-order valence-corrected chi connectivity index (χ4v) is 4.51. The van der Waals surface area contributed by atoms with Crippen molar-refractivity contribution >= 4 is 16.7 Å². The number of fused-ring (bicyclic) bond motifs is 2.